The van der Waals surface area contributed by atoms with E-state index in [2.05, 4.69) is 15.0 Å². The molecule has 292 valence electrons. The van der Waals surface area contributed by atoms with Crippen LogP contribution in [-0.2, 0) is 6.18 Å². The van der Waals surface area contributed by atoms with Gasteiger partial charge in [0, 0.05) is 41.2 Å². The highest BCUT2D eigenvalue weighted by Gasteiger charge is 2.45. The highest BCUT2D eigenvalue weighted by molar-refractivity contribution is 7.23. The Kier molecular flexibility index (Phi) is 10.7. The van der Waals surface area contributed by atoms with E-state index in [9.17, 15) is 14.0 Å². The van der Waals surface area contributed by atoms with Gasteiger partial charge in [-0.3, -0.25) is 4.90 Å². The van der Waals surface area contributed by atoms with Crippen LogP contribution < -0.4 is 25.8 Å². The minimum atomic E-state index is -5.26. The van der Waals surface area contributed by atoms with Crippen LogP contribution in [0.15, 0.2) is 30.5 Å². The van der Waals surface area contributed by atoms with Gasteiger partial charge >= 0.3 is 12.2 Å². The first-order chi connectivity index (χ1) is 26.0. The molecule has 5 aromatic rings. The molecule has 0 radical (unpaired) electrons. The van der Waals surface area contributed by atoms with Crippen molar-refractivity contribution in [2.45, 2.75) is 58.3 Å². The van der Waals surface area contributed by atoms with Crippen LogP contribution in [0.4, 0.5) is 47.4 Å². The molecule has 3 aromatic heterocycles. The number of thiophene rings is 1. The van der Waals surface area contributed by atoms with Gasteiger partial charge in [-0.25, -0.2) is 22.5 Å². The van der Waals surface area contributed by atoms with E-state index in [1.165, 1.54) is 6.20 Å². The largest absolute Gasteiger partial charge is 0.490 e. The molecule has 4 N–H and O–H groups in total. The summed E-state index contributed by atoms with van der Waals surface area (Å²) in [5, 5.41) is 8.99. The molecule has 2 aromatic carbocycles. The summed E-state index contributed by atoms with van der Waals surface area (Å²) in [7, 11) is 1.65. The van der Waals surface area contributed by atoms with Crippen molar-refractivity contribution < 1.29 is 40.2 Å². The number of halogens is 7. The molecule has 55 heavy (non-hydrogen) atoms. The first-order valence-corrected chi connectivity index (χ1v) is 18.2. The number of benzene rings is 2. The zero-order valence-corrected chi connectivity index (χ0v) is 31.2. The third-order valence-corrected chi connectivity index (χ3v) is 11.0. The minimum Gasteiger partial charge on any atom is -0.490 e. The second-order valence-electron chi connectivity index (χ2n) is 13.2. The van der Waals surface area contributed by atoms with Crippen molar-refractivity contribution >= 4 is 49.0 Å². The molecular formula is C37H37F7N8O2S. The van der Waals surface area contributed by atoms with Gasteiger partial charge < -0.3 is 25.8 Å². The number of pyridine rings is 1. The number of hydrogen-bond acceptors (Lipinski definition) is 11. The van der Waals surface area contributed by atoms with Crippen molar-refractivity contribution in [2.24, 2.45) is 5.92 Å². The monoisotopic (exact) mass is 790 g/mol. The van der Waals surface area contributed by atoms with Crippen LogP contribution in [0.3, 0.4) is 0 Å². The van der Waals surface area contributed by atoms with Crippen molar-refractivity contribution in [1.29, 1.82) is 5.26 Å². The summed E-state index contributed by atoms with van der Waals surface area (Å²) in [6.07, 6.45) is -3.72. The molecule has 18 heteroatoms. The molecule has 2 aliphatic heterocycles. The van der Waals surface area contributed by atoms with Gasteiger partial charge in [0.25, 0.3) is 0 Å². The van der Waals surface area contributed by atoms with Crippen molar-refractivity contribution in [3.63, 3.8) is 0 Å². The number of nitrogens with zero attached hydrogens (tertiary/aromatic N) is 6. The van der Waals surface area contributed by atoms with E-state index in [4.69, 9.17) is 20.9 Å². The van der Waals surface area contributed by atoms with Crippen molar-refractivity contribution in [3.8, 4) is 29.0 Å². The highest BCUT2D eigenvalue weighted by Crippen LogP contribution is 2.54. The van der Waals surface area contributed by atoms with Gasteiger partial charge in [-0.2, -0.15) is 28.4 Å². The first-order valence-electron chi connectivity index (χ1n) is 17.4. The van der Waals surface area contributed by atoms with Gasteiger partial charge in [0.2, 0.25) is 5.92 Å². The number of fused-ring (bicyclic) bond motifs is 1. The van der Waals surface area contributed by atoms with Gasteiger partial charge in [-0.05, 0) is 45.0 Å². The van der Waals surface area contributed by atoms with E-state index in [1.54, 1.807) is 42.0 Å². The van der Waals surface area contributed by atoms with Gasteiger partial charge in [-0.1, -0.05) is 26.0 Å². The van der Waals surface area contributed by atoms with Crippen LogP contribution >= 0.6 is 11.3 Å². The summed E-state index contributed by atoms with van der Waals surface area (Å²) in [5.74, 6) is -7.08. The normalized spacial score (nSPS) is 18.1. The van der Waals surface area contributed by atoms with Gasteiger partial charge in [0.1, 0.15) is 58.6 Å². The van der Waals surface area contributed by atoms with E-state index in [0.717, 1.165) is 19.1 Å². The summed E-state index contributed by atoms with van der Waals surface area (Å²) < 4.78 is 118. The van der Waals surface area contributed by atoms with Crippen LogP contribution in [0.1, 0.15) is 56.8 Å². The van der Waals surface area contributed by atoms with Crippen molar-refractivity contribution in [3.05, 3.63) is 58.8 Å². The molecule has 1 fully saturated rings. The molecule has 7 rings (SSSR count). The second-order valence-corrected chi connectivity index (χ2v) is 14.2. The third kappa shape index (κ3) is 6.99. The number of likely N-dealkylation sites (N-methyl/N-ethyl adjacent to an activating group) is 1. The maximum atomic E-state index is 17.3. The van der Waals surface area contributed by atoms with Crippen LogP contribution in [0, 0.1) is 28.9 Å². The average molecular weight is 791 g/mol. The average Bonchev–Trinajstić information content (AvgIpc) is 3.63. The van der Waals surface area contributed by atoms with Gasteiger partial charge in [0.05, 0.1) is 28.2 Å². The van der Waals surface area contributed by atoms with Crippen LogP contribution in [0.25, 0.3) is 32.1 Å². The SMILES string of the molecule is CC.C[C@H](c1cccnc1N)N1CCOc2c(C(F)(F)F)c(-c3ccc(F)c4sc(N)c(C#N)c34)c(F)c3nc(OCC4CC(C(C)(F)F)CN4C)nc1c23. The number of ether oxygens (including phenoxy) is 2. The van der Waals surface area contributed by atoms with E-state index in [0.29, 0.717) is 16.9 Å². The number of aromatic nitrogens is 3. The molecule has 0 saturated carbocycles. The Morgan fingerprint density at radius 2 is 1.84 bits per heavy atom. The molecule has 2 aliphatic rings. The number of rotatable bonds is 7. The Bertz CT molecular complexity index is 2310. The van der Waals surface area contributed by atoms with E-state index in [1.807, 2.05) is 13.8 Å². The molecule has 0 spiro atoms. The second kappa shape index (κ2) is 14.8. The Hall–Kier alpha value is -5.15. The number of likely N-dealkylation sites (tertiary alicyclic amines) is 1. The number of nitrogen functional groups attached to an aromatic ring is 2. The maximum Gasteiger partial charge on any atom is 0.420 e. The molecule has 2 unspecified atom stereocenters. The maximum absolute atomic E-state index is 17.3. The molecule has 0 bridgehead atoms. The Balaban J connectivity index is 0.00000253. The summed E-state index contributed by atoms with van der Waals surface area (Å²) in [6.45, 7) is 6.03. The molecule has 10 nitrogen and oxygen atoms in total. The zero-order valence-electron chi connectivity index (χ0n) is 30.4. The Labute approximate surface area is 315 Å². The Morgan fingerprint density at radius 1 is 1.11 bits per heavy atom. The number of alkyl halides is 5. The predicted molar refractivity (Wildman–Crippen MR) is 196 cm³/mol. The van der Waals surface area contributed by atoms with Crippen LogP contribution in [-0.4, -0.2) is 65.2 Å². The highest BCUT2D eigenvalue weighted by atomic mass is 32.1. The van der Waals surface area contributed by atoms with Gasteiger partial charge in [-0.15, -0.1) is 11.3 Å². The molecule has 5 heterocycles. The predicted octanol–water partition coefficient (Wildman–Crippen LogP) is 8.58. The lowest BCUT2D eigenvalue weighted by Gasteiger charge is -2.30. The van der Waals surface area contributed by atoms with Crippen LogP contribution in [0.2, 0.25) is 0 Å². The van der Waals surface area contributed by atoms with E-state index >= 15 is 22.0 Å². The van der Waals surface area contributed by atoms with Crippen LogP contribution in [0.5, 0.6) is 11.8 Å². The lowest BCUT2D eigenvalue weighted by Crippen LogP contribution is -2.32. The standard InChI is InChI=1S/C35H31F7N8O2S.C2H6/c1-15(18-5-4-8-46-30(18)44)50-9-10-51-28-24-27(47-33(48-32(24)50)52-14-17-11-16(13-49(17)3)34(2,38)39)26(37)23(25(28)35(40,41)42)19-6-7-21(36)29-22(19)20(12-43)31(45)53-29;1-2/h4-8,15-17H,9-11,13-14,45H2,1-3H3,(H2,44,46);1-2H3/t15-,16?,17?;/m1./s1. The quantitative estimate of drug-likeness (QED) is 0.154. The number of anilines is 3. The van der Waals surface area contributed by atoms with E-state index < -0.39 is 81.1 Å². The first kappa shape index (κ1) is 39.5. The fourth-order valence-electron chi connectivity index (χ4n) is 7.21. The summed E-state index contributed by atoms with van der Waals surface area (Å²) >= 11 is 0.641. The lowest BCUT2D eigenvalue weighted by atomic mass is 9.91. The topological polar surface area (TPSA) is 139 Å². The fraction of sp³-hybridized carbons (Fsp3) is 0.405. The van der Waals surface area contributed by atoms with Crippen molar-refractivity contribution in [1.82, 2.24) is 19.9 Å². The molecule has 3 atom stereocenters. The summed E-state index contributed by atoms with van der Waals surface area (Å²) in [6, 6.07) is 5.27. The molecular weight excluding hydrogens is 754 g/mol. The van der Waals surface area contributed by atoms with Crippen molar-refractivity contribution in [2.75, 3.05) is 49.7 Å². The number of nitriles is 1. The number of nitrogens with two attached hydrogens (primary N) is 2. The lowest BCUT2D eigenvalue weighted by molar-refractivity contribution is -0.138. The smallest absolute Gasteiger partial charge is 0.420 e. The molecule has 0 aliphatic carbocycles. The molecule has 1 saturated heterocycles. The van der Waals surface area contributed by atoms with E-state index in [-0.39, 0.29) is 65.0 Å². The molecule has 0 amide bonds. The number of hydrogen-bond donors (Lipinski definition) is 2. The van der Waals surface area contributed by atoms with Gasteiger partial charge in [0.15, 0.2) is 5.82 Å². The minimum absolute atomic E-state index is 0.0664. The summed E-state index contributed by atoms with van der Waals surface area (Å²) in [4.78, 5) is 16.2. The third-order valence-electron chi connectivity index (χ3n) is 9.93. The Morgan fingerprint density at radius 3 is 2.47 bits per heavy atom. The summed E-state index contributed by atoms with van der Waals surface area (Å²) in [5.41, 5.74) is 8.66. The zero-order chi connectivity index (χ0) is 40.1. The fourth-order valence-corrected chi connectivity index (χ4v) is 8.15.